The summed E-state index contributed by atoms with van der Waals surface area (Å²) in [6.45, 7) is 6.12. The Hall–Kier alpha value is -3.65. The molecule has 5 rings (SSSR count). The van der Waals surface area contributed by atoms with Crippen molar-refractivity contribution in [1.29, 1.82) is 5.26 Å². The molecule has 0 atom stereocenters. The van der Waals surface area contributed by atoms with Gasteiger partial charge in [-0.2, -0.15) is 5.26 Å². The van der Waals surface area contributed by atoms with Crippen LogP contribution in [0.4, 0.5) is 10.2 Å². The number of hydrogen-bond donors (Lipinski definition) is 0. The number of rotatable bonds is 3. The average molecular weight is 410 g/mol. The van der Waals surface area contributed by atoms with Gasteiger partial charge in [0.15, 0.2) is 5.82 Å². The summed E-state index contributed by atoms with van der Waals surface area (Å²) in [5.41, 5.74) is 6.83. The van der Waals surface area contributed by atoms with Gasteiger partial charge in [0.1, 0.15) is 17.6 Å². The van der Waals surface area contributed by atoms with Gasteiger partial charge in [-0.25, -0.2) is 9.37 Å². The molecule has 0 N–H and O–H groups in total. The van der Waals surface area contributed by atoms with E-state index in [4.69, 9.17) is 4.98 Å². The number of benzene rings is 2. The van der Waals surface area contributed by atoms with Crippen LogP contribution in [-0.4, -0.2) is 16.1 Å². The Kier molecular flexibility index (Phi) is 4.71. The Labute approximate surface area is 181 Å². The van der Waals surface area contributed by atoms with E-state index in [1.807, 2.05) is 18.2 Å². The summed E-state index contributed by atoms with van der Waals surface area (Å²) >= 11 is 0. The van der Waals surface area contributed by atoms with Crippen LogP contribution in [0.25, 0.3) is 10.9 Å². The standard InChI is InChI=1S/C26H23FN4/c1-17-18(2)31(16-21-9-5-6-10-24(21)27)25-23(17)13-22(14-28)29-26(25)30-12-11-19-7-3-4-8-20(19)15-30/h3-10,13H,11-12,15-16H2,1-2H3. The molecule has 1 aliphatic heterocycles. The van der Waals surface area contributed by atoms with E-state index < -0.39 is 0 Å². The number of anilines is 1. The molecule has 31 heavy (non-hydrogen) atoms. The minimum absolute atomic E-state index is 0.212. The highest BCUT2D eigenvalue weighted by Crippen LogP contribution is 2.35. The number of nitrogens with zero attached hydrogens (tertiary/aromatic N) is 4. The summed E-state index contributed by atoms with van der Waals surface area (Å²) in [4.78, 5) is 7.00. The molecule has 1 aliphatic rings. The first-order chi connectivity index (χ1) is 15.1. The van der Waals surface area contributed by atoms with Gasteiger partial charge in [-0.05, 0) is 49.1 Å². The van der Waals surface area contributed by atoms with Crippen molar-refractivity contribution in [2.45, 2.75) is 33.4 Å². The normalized spacial score (nSPS) is 13.3. The highest BCUT2D eigenvalue weighted by molar-refractivity contribution is 5.94. The molecule has 0 spiro atoms. The molecule has 3 heterocycles. The van der Waals surface area contributed by atoms with Crippen molar-refractivity contribution in [3.63, 3.8) is 0 Å². The van der Waals surface area contributed by atoms with Crippen LogP contribution < -0.4 is 4.90 Å². The number of halogens is 1. The van der Waals surface area contributed by atoms with E-state index in [1.165, 1.54) is 17.2 Å². The Morgan fingerprint density at radius 1 is 1.06 bits per heavy atom. The second-order valence-corrected chi connectivity index (χ2v) is 8.17. The van der Waals surface area contributed by atoms with E-state index in [1.54, 1.807) is 6.07 Å². The summed E-state index contributed by atoms with van der Waals surface area (Å²) in [6, 6.07) is 19.4. The molecule has 0 fully saturated rings. The lowest BCUT2D eigenvalue weighted by atomic mass is 10.00. The molecule has 0 radical (unpaired) electrons. The third-order valence-corrected chi connectivity index (χ3v) is 6.43. The third kappa shape index (κ3) is 3.25. The fraction of sp³-hybridized carbons (Fsp3) is 0.231. The number of fused-ring (bicyclic) bond motifs is 2. The average Bonchev–Trinajstić information content (AvgIpc) is 3.04. The quantitative estimate of drug-likeness (QED) is 0.462. The van der Waals surface area contributed by atoms with Crippen molar-refractivity contribution in [2.75, 3.05) is 11.4 Å². The highest BCUT2D eigenvalue weighted by atomic mass is 19.1. The van der Waals surface area contributed by atoms with E-state index in [0.29, 0.717) is 17.8 Å². The van der Waals surface area contributed by atoms with Crippen LogP contribution in [0.15, 0.2) is 54.6 Å². The fourth-order valence-electron chi connectivity index (χ4n) is 4.59. The third-order valence-electron chi connectivity index (χ3n) is 6.43. The number of nitriles is 1. The molecular weight excluding hydrogens is 387 g/mol. The maximum atomic E-state index is 14.5. The molecule has 2 aromatic heterocycles. The van der Waals surface area contributed by atoms with Gasteiger partial charge in [-0.1, -0.05) is 42.5 Å². The molecule has 0 amide bonds. The topological polar surface area (TPSA) is 44.9 Å². The summed E-state index contributed by atoms with van der Waals surface area (Å²) < 4.78 is 16.6. The molecule has 0 saturated carbocycles. The van der Waals surface area contributed by atoms with Gasteiger partial charge < -0.3 is 9.47 Å². The smallest absolute Gasteiger partial charge is 0.155 e. The minimum Gasteiger partial charge on any atom is -0.350 e. The number of aryl methyl sites for hydroxylation is 1. The van der Waals surface area contributed by atoms with Crippen molar-refractivity contribution in [2.24, 2.45) is 0 Å². The molecule has 5 heteroatoms. The number of hydrogen-bond acceptors (Lipinski definition) is 3. The zero-order valence-electron chi connectivity index (χ0n) is 17.7. The second kappa shape index (κ2) is 7.55. The van der Waals surface area contributed by atoms with Crippen LogP contribution in [0.3, 0.4) is 0 Å². The fourth-order valence-corrected chi connectivity index (χ4v) is 4.59. The van der Waals surface area contributed by atoms with Crippen LogP contribution in [0.5, 0.6) is 0 Å². The Morgan fingerprint density at radius 2 is 1.81 bits per heavy atom. The maximum absolute atomic E-state index is 14.5. The zero-order valence-corrected chi connectivity index (χ0v) is 17.7. The lowest BCUT2D eigenvalue weighted by Gasteiger charge is -2.30. The van der Waals surface area contributed by atoms with E-state index >= 15 is 0 Å². The minimum atomic E-state index is -0.212. The second-order valence-electron chi connectivity index (χ2n) is 8.17. The summed E-state index contributed by atoms with van der Waals surface area (Å²) in [6.07, 6.45) is 0.933. The van der Waals surface area contributed by atoms with Gasteiger partial charge >= 0.3 is 0 Å². The largest absolute Gasteiger partial charge is 0.350 e. The van der Waals surface area contributed by atoms with Gasteiger partial charge in [-0.3, -0.25) is 0 Å². The Balaban J connectivity index is 1.70. The van der Waals surface area contributed by atoms with Crippen LogP contribution in [0.1, 0.15) is 33.6 Å². The molecule has 0 unspecified atom stereocenters. The van der Waals surface area contributed by atoms with Gasteiger partial charge in [0, 0.05) is 29.7 Å². The predicted octanol–water partition coefficient (Wildman–Crippen LogP) is 5.27. The van der Waals surface area contributed by atoms with Crippen molar-refractivity contribution in [1.82, 2.24) is 9.55 Å². The summed E-state index contributed by atoms with van der Waals surface area (Å²) in [5.74, 6) is 0.590. The van der Waals surface area contributed by atoms with E-state index in [0.717, 1.165) is 47.5 Å². The number of pyridine rings is 1. The lowest BCUT2D eigenvalue weighted by molar-refractivity contribution is 0.600. The van der Waals surface area contributed by atoms with Crippen molar-refractivity contribution < 1.29 is 4.39 Å². The van der Waals surface area contributed by atoms with E-state index in [2.05, 4.69) is 53.6 Å². The lowest BCUT2D eigenvalue weighted by Crippen LogP contribution is -2.31. The van der Waals surface area contributed by atoms with Crippen LogP contribution >= 0.6 is 0 Å². The first kappa shape index (κ1) is 19.3. The summed E-state index contributed by atoms with van der Waals surface area (Å²) in [7, 11) is 0. The monoisotopic (exact) mass is 410 g/mol. The van der Waals surface area contributed by atoms with Crippen LogP contribution in [0.2, 0.25) is 0 Å². The van der Waals surface area contributed by atoms with Crippen molar-refractivity contribution in [3.8, 4) is 6.07 Å². The molecule has 4 nitrogen and oxygen atoms in total. The zero-order chi connectivity index (χ0) is 21.5. The van der Waals surface area contributed by atoms with Crippen molar-refractivity contribution in [3.05, 3.63) is 94.1 Å². The maximum Gasteiger partial charge on any atom is 0.155 e. The van der Waals surface area contributed by atoms with Gasteiger partial charge in [0.05, 0.1) is 12.1 Å². The van der Waals surface area contributed by atoms with Gasteiger partial charge in [-0.15, -0.1) is 0 Å². The Bertz CT molecular complexity index is 1350. The van der Waals surface area contributed by atoms with Gasteiger partial charge in [0.2, 0.25) is 0 Å². The predicted molar refractivity (Wildman–Crippen MR) is 121 cm³/mol. The summed E-state index contributed by atoms with van der Waals surface area (Å²) in [5, 5.41) is 10.6. The molecule has 2 aromatic carbocycles. The molecule has 154 valence electrons. The number of aromatic nitrogens is 2. The van der Waals surface area contributed by atoms with E-state index in [9.17, 15) is 9.65 Å². The highest BCUT2D eigenvalue weighted by Gasteiger charge is 2.24. The van der Waals surface area contributed by atoms with Crippen molar-refractivity contribution >= 4 is 16.7 Å². The Morgan fingerprint density at radius 3 is 2.58 bits per heavy atom. The molecule has 0 saturated heterocycles. The molecule has 0 bridgehead atoms. The van der Waals surface area contributed by atoms with Gasteiger partial charge in [0.25, 0.3) is 0 Å². The SMILES string of the molecule is Cc1c(C)n(Cc2ccccc2F)c2c(N3CCc4ccccc4C3)nc(C#N)cc12. The molecule has 0 aliphatic carbocycles. The van der Waals surface area contributed by atoms with Crippen LogP contribution in [-0.2, 0) is 19.5 Å². The molecule has 4 aromatic rings. The molecular formula is C26H23FN4. The first-order valence-electron chi connectivity index (χ1n) is 10.5. The van der Waals surface area contributed by atoms with Crippen LogP contribution in [0, 0.1) is 31.0 Å². The first-order valence-corrected chi connectivity index (χ1v) is 10.5. The van der Waals surface area contributed by atoms with E-state index in [-0.39, 0.29) is 5.82 Å².